The van der Waals surface area contributed by atoms with Gasteiger partial charge in [-0.15, -0.1) is 0 Å². The zero-order valence-electron chi connectivity index (χ0n) is 27.2. The normalized spacial score (nSPS) is 21.0. The average Bonchev–Trinajstić information content (AvgIpc) is 3.25. The van der Waals surface area contributed by atoms with Crippen molar-refractivity contribution in [1.82, 2.24) is 20.4 Å². The third-order valence-electron chi connectivity index (χ3n) is 6.91. The van der Waals surface area contributed by atoms with E-state index in [4.69, 9.17) is 28.4 Å². The first-order chi connectivity index (χ1) is 20.7. The Bertz CT molecular complexity index is 1070. The van der Waals surface area contributed by atoms with Crippen molar-refractivity contribution >= 4 is 18.3 Å². The van der Waals surface area contributed by atoms with E-state index in [9.17, 15) is 14.4 Å². The summed E-state index contributed by atoms with van der Waals surface area (Å²) in [6.07, 6.45) is -3.97. The van der Waals surface area contributed by atoms with Gasteiger partial charge in [0.1, 0.15) is 17.0 Å². The summed E-state index contributed by atoms with van der Waals surface area (Å²) in [4.78, 5) is 42.8. The highest BCUT2D eigenvalue weighted by Crippen LogP contribution is 2.30. The summed E-state index contributed by atoms with van der Waals surface area (Å²) in [6.45, 7) is 16.2. The second kappa shape index (κ2) is 16.1. The lowest BCUT2D eigenvalue weighted by Gasteiger charge is -2.30. The van der Waals surface area contributed by atoms with E-state index in [-0.39, 0.29) is 13.1 Å². The van der Waals surface area contributed by atoms with Crippen molar-refractivity contribution in [2.45, 2.75) is 77.4 Å². The summed E-state index contributed by atoms with van der Waals surface area (Å²) in [5.74, 6) is 0.678. The van der Waals surface area contributed by atoms with E-state index in [0.717, 1.165) is 38.3 Å². The first kappa shape index (κ1) is 35.2. The van der Waals surface area contributed by atoms with Crippen molar-refractivity contribution in [3.05, 3.63) is 29.8 Å². The van der Waals surface area contributed by atoms with Crippen LogP contribution in [0.1, 0.15) is 47.1 Å². The first-order valence-electron chi connectivity index (χ1n) is 15.2. The average molecular weight is 623 g/mol. The molecule has 0 unspecified atom stereocenters. The monoisotopic (exact) mass is 622 g/mol. The van der Waals surface area contributed by atoms with Crippen LogP contribution in [0.5, 0.6) is 5.75 Å². The first-order valence-corrected chi connectivity index (χ1v) is 15.2. The zero-order chi connectivity index (χ0) is 32.3. The van der Waals surface area contributed by atoms with Gasteiger partial charge in [0.2, 0.25) is 0 Å². The Hall–Kier alpha value is -3.29. The Morgan fingerprint density at radius 1 is 0.932 bits per heavy atom. The molecule has 13 nitrogen and oxygen atoms in total. The number of nitrogens with one attached hydrogen (secondary N) is 2. The van der Waals surface area contributed by atoms with Gasteiger partial charge < -0.3 is 39.1 Å². The number of nitrogens with zero attached hydrogens (tertiary/aromatic N) is 2. The minimum Gasteiger partial charge on any atom is -0.497 e. The summed E-state index contributed by atoms with van der Waals surface area (Å²) >= 11 is 0. The second-order valence-electron chi connectivity index (χ2n) is 12.9. The summed E-state index contributed by atoms with van der Waals surface area (Å²) in [5.41, 5.74) is -0.722. The van der Waals surface area contributed by atoms with Crippen molar-refractivity contribution in [2.24, 2.45) is 0 Å². The minimum absolute atomic E-state index is 0.0535. The summed E-state index contributed by atoms with van der Waals surface area (Å²) < 4.78 is 33.5. The molecule has 3 atom stereocenters. The predicted molar refractivity (Wildman–Crippen MR) is 163 cm³/mol. The number of rotatable bonds is 11. The molecule has 2 fully saturated rings. The van der Waals surface area contributed by atoms with Crippen molar-refractivity contribution in [2.75, 3.05) is 66.1 Å². The van der Waals surface area contributed by atoms with Crippen LogP contribution in [0.15, 0.2) is 24.3 Å². The highest BCUT2D eigenvalue weighted by Gasteiger charge is 2.50. The molecule has 1 aromatic rings. The number of alkyl carbamates (subject to hydrolysis) is 1. The fraction of sp³-hybridized carbons (Fsp3) is 0.710. The summed E-state index contributed by atoms with van der Waals surface area (Å²) in [7, 11) is 1.58. The van der Waals surface area contributed by atoms with Crippen LogP contribution in [-0.2, 0) is 30.1 Å². The van der Waals surface area contributed by atoms with Gasteiger partial charge in [-0.2, -0.15) is 0 Å². The van der Waals surface area contributed by atoms with Gasteiger partial charge in [-0.1, -0.05) is 12.1 Å². The van der Waals surface area contributed by atoms with E-state index in [1.54, 1.807) is 48.7 Å². The molecule has 2 saturated heterocycles. The standard InChI is InChI=1S/C31H50N4O9/c1-30(2,3)43-28(37)35-21-25(41-29(38)44-31(4,5)6)26(24(35)20-22-8-10-23(39-7)11-9-22)42-27(36)33-14-18-40-19-17-34-15-12-32-13-16-34/h8-11,24-26,32H,12-21H2,1-7H3,(H,33,36)/t24-,25+,26+/m1/s1. The van der Waals surface area contributed by atoms with Crippen LogP contribution in [0.3, 0.4) is 0 Å². The Labute approximate surface area is 260 Å². The fourth-order valence-electron chi connectivity index (χ4n) is 4.90. The number of amides is 2. The maximum absolute atomic E-state index is 13.4. The summed E-state index contributed by atoms with van der Waals surface area (Å²) in [6, 6.07) is 6.64. The molecule has 0 radical (unpaired) electrons. The van der Waals surface area contributed by atoms with Gasteiger partial charge in [-0.3, -0.25) is 9.80 Å². The SMILES string of the molecule is COc1ccc(C[C@@H]2[C@H](OC(=O)NCCOCCN3CCNCC3)[C@@H](OC(=O)OC(C)(C)C)CN2C(=O)OC(C)(C)C)cc1. The van der Waals surface area contributed by atoms with Crippen molar-refractivity contribution in [3.8, 4) is 5.75 Å². The second-order valence-corrected chi connectivity index (χ2v) is 12.9. The molecule has 0 aliphatic carbocycles. The van der Waals surface area contributed by atoms with E-state index in [0.29, 0.717) is 25.4 Å². The van der Waals surface area contributed by atoms with Gasteiger partial charge in [0.25, 0.3) is 0 Å². The fourth-order valence-corrected chi connectivity index (χ4v) is 4.90. The van der Waals surface area contributed by atoms with Crippen LogP contribution in [0.2, 0.25) is 0 Å². The molecule has 1 aromatic carbocycles. The lowest BCUT2D eigenvalue weighted by Crippen LogP contribution is -2.46. The molecule has 248 valence electrons. The maximum atomic E-state index is 13.4. The quantitative estimate of drug-likeness (QED) is 0.214. The van der Waals surface area contributed by atoms with E-state index in [1.807, 2.05) is 24.3 Å². The molecule has 44 heavy (non-hydrogen) atoms. The molecule has 2 aliphatic rings. The van der Waals surface area contributed by atoms with Crippen LogP contribution in [0, 0.1) is 0 Å². The smallest absolute Gasteiger partial charge is 0.497 e. The number of piperazine rings is 1. The van der Waals surface area contributed by atoms with Gasteiger partial charge >= 0.3 is 18.3 Å². The van der Waals surface area contributed by atoms with Gasteiger partial charge in [-0.25, -0.2) is 14.4 Å². The molecule has 0 bridgehead atoms. The van der Waals surface area contributed by atoms with Crippen molar-refractivity contribution in [1.29, 1.82) is 0 Å². The molecular weight excluding hydrogens is 572 g/mol. The van der Waals surface area contributed by atoms with Gasteiger partial charge in [0.05, 0.1) is 32.9 Å². The molecule has 0 spiro atoms. The van der Waals surface area contributed by atoms with E-state index in [1.165, 1.54) is 4.90 Å². The number of likely N-dealkylation sites (tertiary alicyclic amines) is 1. The number of ether oxygens (including phenoxy) is 6. The van der Waals surface area contributed by atoms with Crippen molar-refractivity contribution < 1.29 is 42.8 Å². The Kier molecular flexibility index (Phi) is 12.9. The molecule has 0 saturated carbocycles. The molecule has 2 aliphatic heterocycles. The number of methoxy groups -OCH3 is 1. The number of benzene rings is 1. The molecule has 2 heterocycles. The Balaban J connectivity index is 1.71. The summed E-state index contributed by atoms with van der Waals surface area (Å²) in [5, 5.41) is 6.03. The molecule has 2 N–H and O–H groups in total. The number of hydrogen-bond donors (Lipinski definition) is 2. The number of hydrogen-bond acceptors (Lipinski definition) is 11. The zero-order valence-corrected chi connectivity index (χ0v) is 27.2. The van der Waals surface area contributed by atoms with Crippen LogP contribution in [0.25, 0.3) is 0 Å². The van der Waals surface area contributed by atoms with Crippen LogP contribution in [0.4, 0.5) is 14.4 Å². The molecule has 13 heteroatoms. The van der Waals surface area contributed by atoms with E-state index in [2.05, 4.69) is 15.5 Å². The van der Waals surface area contributed by atoms with Crippen LogP contribution >= 0.6 is 0 Å². The molecule has 3 rings (SSSR count). The molecule has 2 amide bonds. The number of carbonyl (C=O) groups is 3. The lowest BCUT2D eigenvalue weighted by molar-refractivity contribution is -0.0519. The van der Waals surface area contributed by atoms with Crippen LogP contribution in [-0.4, -0.2) is 124 Å². The third kappa shape index (κ3) is 12.0. The molecule has 0 aromatic heterocycles. The largest absolute Gasteiger partial charge is 0.509 e. The highest BCUT2D eigenvalue weighted by molar-refractivity contribution is 5.71. The van der Waals surface area contributed by atoms with Crippen LogP contribution < -0.4 is 15.4 Å². The van der Waals surface area contributed by atoms with E-state index >= 15 is 0 Å². The topological polar surface area (TPSA) is 137 Å². The third-order valence-corrected chi connectivity index (χ3v) is 6.91. The predicted octanol–water partition coefficient (Wildman–Crippen LogP) is 3.19. The number of carbonyl (C=O) groups excluding carboxylic acids is 3. The van der Waals surface area contributed by atoms with Gasteiger partial charge in [0, 0.05) is 39.3 Å². The van der Waals surface area contributed by atoms with Crippen molar-refractivity contribution in [3.63, 3.8) is 0 Å². The Morgan fingerprint density at radius 2 is 1.59 bits per heavy atom. The lowest BCUT2D eigenvalue weighted by atomic mass is 10.0. The van der Waals surface area contributed by atoms with Gasteiger partial charge in [0.15, 0.2) is 12.2 Å². The Morgan fingerprint density at radius 3 is 2.20 bits per heavy atom. The highest BCUT2D eigenvalue weighted by atomic mass is 16.7. The van der Waals surface area contributed by atoms with E-state index < -0.39 is 47.8 Å². The van der Waals surface area contributed by atoms with Gasteiger partial charge in [-0.05, 0) is 65.7 Å². The molecular formula is C31H50N4O9. The minimum atomic E-state index is -1.01. The maximum Gasteiger partial charge on any atom is 0.509 e.